The minimum absolute atomic E-state index is 0.0346. The smallest absolute Gasteiger partial charge is 0.330 e. The topological polar surface area (TPSA) is 122 Å². The second-order valence-corrected chi connectivity index (χ2v) is 4.91. The third-order valence-corrected chi connectivity index (χ3v) is 3.23. The number of rotatable bonds is 5. The van der Waals surface area contributed by atoms with Crippen molar-refractivity contribution in [1.29, 1.82) is 0 Å². The number of carbonyl (C=O) groups is 1. The van der Waals surface area contributed by atoms with Gasteiger partial charge in [0.05, 0.1) is 0 Å². The number of aromatic amines is 1. The first-order valence-electron chi connectivity index (χ1n) is 6.63. The van der Waals surface area contributed by atoms with Crippen molar-refractivity contribution in [1.82, 2.24) is 14.9 Å². The largest absolute Gasteiger partial charge is 0.383 e. The molecule has 1 saturated carbocycles. The average Bonchev–Trinajstić information content (AvgIpc) is 3.18. The Morgan fingerprint density at radius 1 is 1.50 bits per heavy atom. The van der Waals surface area contributed by atoms with Crippen LogP contribution in [0.25, 0.3) is 0 Å². The van der Waals surface area contributed by atoms with E-state index >= 15 is 0 Å². The molecule has 1 aliphatic carbocycles. The van der Waals surface area contributed by atoms with Gasteiger partial charge < -0.3 is 16.4 Å². The maximum absolute atomic E-state index is 11.8. The van der Waals surface area contributed by atoms with E-state index in [4.69, 9.17) is 5.73 Å². The second kappa shape index (κ2) is 5.40. The predicted octanol–water partition coefficient (Wildman–Crippen LogP) is -0.782. The summed E-state index contributed by atoms with van der Waals surface area (Å²) in [6.07, 6.45) is 1.98. The fraction of sp³-hybridized carbons (Fsp3) is 0.583. The molecule has 0 radical (unpaired) electrons. The van der Waals surface area contributed by atoms with Gasteiger partial charge in [0.15, 0.2) is 0 Å². The van der Waals surface area contributed by atoms with Gasteiger partial charge >= 0.3 is 5.69 Å². The SMILES string of the molecule is CCn1c(N)c(NC(C)C(=O)NC2CC2)c(=O)[nH]c1=O. The molecule has 1 heterocycles. The first kappa shape index (κ1) is 14.2. The molecule has 5 N–H and O–H groups in total. The highest BCUT2D eigenvalue weighted by Gasteiger charge is 2.26. The van der Waals surface area contributed by atoms with Gasteiger partial charge in [-0.15, -0.1) is 0 Å². The van der Waals surface area contributed by atoms with Crippen molar-refractivity contribution in [2.45, 2.75) is 45.3 Å². The number of hydrogen-bond acceptors (Lipinski definition) is 5. The van der Waals surface area contributed by atoms with Crippen molar-refractivity contribution in [3.63, 3.8) is 0 Å². The normalized spacial score (nSPS) is 15.7. The molecule has 1 aromatic heterocycles. The monoisotopic (exact) mass is 281 g/mol. The number of H-pyrrole nitrogens is 1. The second-order valence-electron chi connectivity index (χ2n) is 4.91. The third-order valence-electron chi connectivity index (χ3n) is 3.23. The van der Waals surface area contributed by atoms with Crippen molar-refractivity contribution in [2.24, 2.45) is 0 Å². The van der Waals surface area contributed by atoms with E-state index in [2.05, 4.69) is 15.6 Å². The highest BCUT2D eigenvalue weighted by Crippen LogP contribution is 2.19. The fourth-order valence-electron chi connectivity index (χ4n) is 1.88. The van der Waals surface area contributed by atoms with Crippen LogP contribution in [0.3, 0.4) is 0 Å². The average molecular weight is 281 g/mol. The lowest BCUT2D eigenvalue weighted by Gasteiger charge is -2.17. The van der Waals surface area contributed by atoms with Gasteiger partial charge in [-0.1, -0.05) is 0 Å². The van der Waals surface area contributed by atoms with Gasteiger partial charge in [-0.05, 0) is 26.7 Å². The van der Waals surface area contributed by atoms with Gasteiger partial charge in [0.1, 0.15) is 17.5 Å². The zero-order valence-corrected chi connectivity index (χ0v) is 11.5. The van der Waals surface area contributed by atoms with E-state index in [1.807, 2.05) is 0 Å². The number of nitrogen functional groups attached to an aromatic ring is 1. The lowest BCUT2D eigenvalue weighted by Crippen LogP contribution is -2.41. The Morgan fingerprint density at radius 2 is 2.15 bits per heavy atom. The summed E-state index contributed by atoms with van der Waals surface area (Å²) in [4.78, 5) is 37.3. The van der Waals surface area contributed by atoms with E-state index in [0.717, 1.165) is 12.8 Å². The Bertz CT molecular complexity index is 629. The van der Waals surface area contributed by atoms with E-state index in [0.29, 0.717) is 6.54 Å². The van der Waals surface area contributed by atoms with Crippen LogP contribution in [0, 0.1) is 0 Å². The van der Waals surface area contributed by atoms with Crippen molar-refractivity contribution >= 4 is 17.4 Å². The number of nitrogens with two attached hydrogens (primary N) is 1. The molecule has 8 nitrogen and oxygen atoms in total. The summed E-state index contributed by atoms with van der Waals surface area (Å²) in [7, 11) is 0. The zero-order valence-electron chi connectivity index (χ0n) is 11.5. The Morgan fingerprint density at radius 3 is 2.70 bits per heavy atom. The summed E-state index contributed by atoms with van der Waals surface area (Å²) in [6, 6.07) is -0.367. The lowest BCUT2D eigenvalue weighted by molar-refractivity contribution is -0.121. The lowest BCUT2D eigenvalue weighted by atomic mass is 10.3. The third kappa shape index (κ3) is 2.84. The van der Waals surface area contributed by atoms with Crippen molar-refractivity contribution < 1.29 is 4.79 Å². The van der Waals surface area contributed by atoms with Crippen molar-refractivity contribution in [3.05, 3.63) is 20.8 Å². The maximum Gasteiger partial charge on any atom is 0.330 e. The van der Waals surface area contributed by atoms with Crippen LogP contribution in [-0.2, 0) is 11.3 Å². The number of hydrogen-bond donors (Lipinski definition) is 4. The van der Waals surface area contributed by atoms with E-state index in [9.17, 15) is 14.4 Å². The molecule has 0 aliphatic heterocycles. The van der Waals surface area contributed by atoms with Crippen LogP contribution in [0.4, 0.5) is 11.5 Å². The van der Waals surface area contributed by atoms with Crippen LogP contribution in [0.1, 0.15) is 26.7 Å². The van der Waals surface area contributed by atoms with Gasteiger partial charge in [-0.25, -0.2) is 4.79 Å². The highest BCUT2D eigenvalue weighted by atomic mass is 16.2. The molecule has 1 aromatic rings. The van der Waals surface area contributed by atoms with Crippen LogP contribution in [0.15, 0.2) is 9.59 Å². The molecule has 110 valence electrons. The molecule has 0 spiro atoms. The Hall–Kier alpha value is -2.25. The Balaban J connectivity index is 2.21. The van der Waals surface area contributed by atoms with Crippen LogP contribution in [0.2, 0.25) is 0 Å². The summed E-state index contributed by atoms with van der Waals surface area (Å²) in [5.41, 5.74) is 4.67. The quantitative estimate of drug-likeness (QED) is 0.564. The number of amides is 1. The van der Waals surface area contributed by atoms with E-state index in [1.54, 1.807) is 13.8 Å². The summed E-state index contributed by atoms with van der Waals surface area (Å²) in [6.45, 7) is 3.71. The molecule has 2 rings (SSSR count). The number of anilines is 2. The van der Waals surface area contributed by atoms with E-state index in [1.165, 1.54) is 4.57 Å². The van der Waals surface area contributed by atoms with Crippen LogP contribution in [0.5, 0.6) is 0 Å². The molecule has 1 aliphatic rings. The molecule has 0 saturated heterocycles. The molecule has 0 bridgehead atoms. The first-order valence-corrected chi connectivity index (χ1v) is 6.63. The van der Waals surface area contributed by atoms with Crippen LogP contribution >= 0.6 is 0 Å². The molecular weight excluding hydrogens is 262 g/mol. The molecule has 20 heavy (non-hydrogen) atoms. The summed E-state index contributed by atoms with van der Waals surface area (Å²) >= 11 is 0. The van der Waals surface area contributed by atoms with Crippen molar-refractivity contribution in [3.8, 4) is 0 Å². The molecule has 1 atom stereocenters. The standard InChI is InChI=1S/C12H19N5O3/c1-3-17-9(13)8(11(19)16-12(17)20)14-6(2)10(18)15-7-4-5-7/h6-7,14H,3-5,13H2,1-2H3,(H,15,18)(H,16,19,20). The fourth-order valence-corrected chi connectivity index (χ4v) is 1.88. The first-order chi connectivity index (χ1) is 9.43. The van der Waals surface area contributed by atoms with Gasteiger partial charge in [0.2, 0.25) is 5.91 Å². The Kier molecular flexibility index (Phi) is 3.82. The van der Waals surface area contributed by atoms with E-state index < -0.39 is 17.3 Å². The predicted molar refractivity (Wildman–Crippen MR) is 75.7 cm³/mol. The number of nitrogens with zero attached hydrogens (tertiary/aromatic N) is 1. The molecule has 8 heteroatoms. The highest BCUT2D eigenvalue weighted by molar-refractivity contribution is 5.85. The minimum Gasteiger partial charge on any atom is -0.383 e. The number of aromatic nitrogens is 2. The van der Waals surface area contributed by atoms with Gasteiger partial charge in [0.25, 0.3) is 5.56 Å². The molecular formula is C12H19N5O3. The molecule has 1 unspecified atom stereocenters. The molecule has 1 amide bonds. The van der Waals surface area contributed by atoms with Gasteiger partial charge in [-0.2, -0.15) is 0 Å². The summed E-state index contributed by atoms with van der Waals surface area (Å²) in [5, 5.41) is 5.60. The van der Waals surface area contributed by atoms with E-state index in [-0.39, 0.29) is 23.5 Å². The van der Waals surface area contributed by atoms with Gasteiger partial charge in [-0.3, -0.25) is 19.1 Å². The minimum atomic E-state index is -0.622. The Labute approximate surface area is 115 Å². The zero-order chi connectivity index (χ0) is 14.9. The maximum atomic E-state index is 11.8. The van der Waals surface area contributed by atoms with Crippen LogP contribution < -0.4 is 27.6 Å². The van der Waals surface area contributed by atoms with Gasteiger partial charge in [0, 0.05) is 12.6 Å². The molecule has 0 aromatic carbocycles. The molecule has 1 fully saturated rings. The van der Waals surface area contributed by atoms with Crippen molar-refractivity contribution in [2.75, 3.05) is 11.1 Å². The summed E-state index contributed by atoms with van der Waals surface area (Å²) in [5.74, 6) is -0.159. The number of nitrogens with one attached hydrogen (secondary N) is 3. The van der Waals surface area contributed by atoms with Crippen LogP contribution in [-0.4, -0.2) is 27.5 Å². The number of carbonyl (C=O) groups excluding carboxylic acids is 1. The summed E-state index contributed by atoms with van der Waals surface area (Å²) < 4.78 is 1.23.